The quantitative estimate of drug-likeness (QED) is 0.294. The molecule has 3 aromatic carbocycles. The van der Waals surface area contributed by atoms with E-state index in [4.69, 9.17) is 18.6 Å². The first-order valence-corrected chi connectivity index (χ1v) is 10.6. The second-order valence-corrected chi connectivity index (χ2v) is 7.43. The fraction of sp³-hybridized carbons (Fsp3) is 0.111. The van der Waals surface area contributed by atoms with Gasteiger partial charge >= 0.3 is 0 Å². The second kappa shape index (κ2) is 9.44. The number of hydrogen-bond acceptors (Lipinski definition) is 6. The van der Waals surface area contributed by atoms with E-state index in [0.717, 1.165) is 28.1 Å². The van der Waals surface area contributed by atoms with E-state index in [1.807, 2.05) is 84.9 Å². The maximum atomic E-state index is 5.98. The van der Waals surface area contributed by atoms with Crippen LogP contribution in [0.4, 0.5) is 0 Å². The molecule has 0 aliphatic heterocycles. The number of benzene rings is 3. The van der Waals surface area contributed by atoms with Crippen molar-refractivity contribution in [2.75, 3.05) is 7.11 Å². The van der Waals surface area contributed by atoms with E-state index in [2.05, 4.69) is 9.97 Å². The van der Waals surface area contributed by atoms with Gasteiger partial charge in [-0.3, -0.25) is 4.98 Å². The molecule has 0 amide bonds. The highest BCUT2D eigenvalue weighted by Gasteiger charge is 2.10. The SMILES string of the molecule is COc1ccc(COc2ccc3oc(-c4cccc(COc5ccccc5)c4)nc3c2)nc1. The first-order chi connectivity index (χ1) is 16.3. The molecule has 5 aromatic rings. The summed E-state index contributed by atoms with van der Waals surface area (Å²) in [6, 6.07) is 27.1. The van der Waals surface area contributed by atoms with Gasteiger partial charge in [-0.15, -0.1) is 0 Å². The molecule has 6 nitrogen and oxygen atoms in total. The Kier molecular flexibility index (Phi) is 5.89. The third-order valence-corrected chi connectivity index (χ3v) is 5.10. The number of para-hydroxylation sites is 1. The van der Waals surface area contributed by atoms with Crippen LogP contribution in [-0.2, 0) is 13.2 Å². The van der Waals surface area contributed by atoms with Gasteiger partial charge in [0.1, 0.15) is 36.0 Å². The van der Waals surface area contributed by atoms with Crippen LogP contribution in [0, 0.1) is 0 Å². The number of fused-ring (bicyclic) bond motifs is 1. The Hall–Kier alpha value is -4.32. The lowest BCUT2D eigenvalue weighted by Crippen LogP contribution is -1.98. The molecule has 6 heteroatoms. The summed E-state index contributed by atoms with van der Waals surface area (Å²) >= 11 is 0. The highest BCUT2D eigenvalue weighted by Crippen LogP contribution is 2.28. The van der Waals surface area contributed by atoms with Crippen molar-refractivity contribution in [1.82, 2.24) is 9.97 Å². The summed E-state index contributed by atoms with van der Waals surface area (Å²) < 4.78 is 22.8. The molecule has 0 saturated carbocycles. The fourth-order valence-electron chi connectivity index (χ4n) is 3.37. The number of pyridine rings is 1. The van der Waals surface area contributed by atoms with E-state index in [0.29, 0.717) is 36.2 Å². The maximum Gasteiger partial charge on any atom is 0.227 e. The van der Waals surface area contributed by atoms with Gasteiger partial charge in [0.25, 0.3) is 0 Å². The van der Waals surface area contributed by atoms with Crippen molar-refractivity contribution in [2.45, 2.75) is 13.2 Å². The molecule has 0 aliphatic rings. The first kappa shape index (κ1) is 20.6. The number of oxazole rings is 1. The molecule has 33 heavy (non-hydrogen) atoms. The molecule has 164 valence electrons. The lowest BCUT2D eigenvalue weighted by atomic mass is 10.1. The van der Waals surface area contributed by atoms with Gasteiger partial charge in [0.15, 0.2) is 5.58 Å². The largest absolute Gasteiger partial charge is 0.495 e. The third-order valence-electron chi connectivity index (χ3n) is 5.10. The van der Waals surface area contributed by atoms with E-state index in [9.17, 15) is 0 Å². The zero-order chi connectivity index (χ0) is 22.5. The van der Waals surface area contributed by atoms with Gasteiger partial charge in [-0.05, 0) is 54.1 Å². The highest BCUT2D eigenvalue weighted by atomic mass is 16.5. The number of methoxy groups -OCH3 is 1. The van der Waals surface area contributed by atoms with Crippen molar-refractivity contribution >= 4 is 11.1 Å². The van der Waals surface area contributed by atoms with Gasteiger partial charge in [0.05, 0.1) is 19.0 Å². The van der Waals surface area contributed by atoms with Gasteiger partial charge in [-0.2, -0.15) is 0 Å². The molecule has 0 atom stereocenters. The number of nitrogens with zero attached hydrogens (tertiary/aromatic N) is 2. The molecule has 0 aliphatic carbocycles. The maximum absolute atomic E-state index is 5.98. The van der Waals surface area contributed by atoms with E-state index in [1.54, 1.807) is 13.3 Å². The summed E-state index contributed by atoms with van der Waals surface area (Å²) in [4.78, 5) is 8.98. The van der Waals surface area contributed by atoms with Crippen molar-refractivity contribution in [3.63, 3.8) is 0 Å². The number of rotatable bonds is 8. The van der Waals surface area contributed by atoms with Crippen LogP contribution in [0.5, 0.6) is 17.2 Å². The van der Waals surface area contributed by atoms with Crippen LogP contribution >= 0.6 is 0 Å². The average molecular weight is 438 g/mol. The van der Waals surface area contributed by atoms with Gasteiger partial charge in [0, 0.05) is 11.6 Å². The Balaban J connectivity index is 1.29. The number of hydrogen-bond donors (Lipinski definition) is 0. The van der Waals surface area contributed by atoms with Crippen molar-refractivity contribution in [2.24, 2.45) is 0 Å². The molecular weight excluding hydrogens is 416 g/mol. The van der Waals surface area contributed by atoms with Crippen molar-refractivity contribution < 1.29 is 18.6 Å². The van der Waals surface area contributed by atoms with Gasteiger partial charge in [-0.25, -0.2) is 4.98 Å². The van der Waals surface area contributed by atoms with Crippen LogP contribution in [0.15, 0.2) is 95.5 Å². The second-order valence-electron chi connectivity index (χ2n) is 7.43. The zero-order valence-electron chi connectivity index (χ0n) is 18.1. The molecule has 0 saturated heterocycles. The van der Waals surface area contributed by atoms with E-state index in [-0.39, 0.29) is 0 Å². The minimum absolute atomic E-state index is 0.351. The number of aromatic nitrogens is 2. The molecule has 0 unspecified atom stereocenters. The monoisotopic (exact) mass is 438 g/mol. The molecule has 0 N–H and O–H groups in total. The van der Waals surface area contributed by atoms with Crippen LogP contribution in [-0.4, -0.2) is 17.1 Å². The standard InChI is InChI=1S/C27H22N2O4/c1-30-24-11-10-21(28-16-24)18-32-23-12-13-26-25(15-23)29-27(33-26)20-7-5-6-19(14-20)17-31-22-8-3-2-4-9-22/h2-16H,17-18H2,1H3. The molecule has 0 radical (unpaired) electrons. The minimum Gasteiger partial charge on any atom is -0.495 e. The van der Waals surface area contributed by atoms with Crippen LogP contribution in [0.1, 0.15) is 11.3 Å². The summed E-state index contributed by atoms with van der Waals surface area (Å²) in [6.45, 7) is 0.819. The summed E-state index contributed by atoms with van der Waals surface area (Å²) in [7, 11) is 1.61. The Morgan fingerprint density at radius 3 is 2.42 bits per heavy atom. The molecular formula is C27H22N2O4. The van der Waals surface area contributed by atoms with Crippen molar-refractivity contribution in [1.29, 1.82) is 0 Å². The third kappa shape index (κ3) is 4.96. The lowest BCUT2D eigenvalue weighted by molar-refractivity contribution is 0.301. The predicted molar refractivity (Wildman–Crippen MR) is 125 cm³/mol. The summed E-state index contributed by atoms with van der Waals surface area (Å²) in [6.07, 6.45) is 1.67. The van der Waals surface area contributed by atoms with Gasteiger partial charge < -0.3 is 18.6 Å². The van der Waals surface area contributed by atoms with Crippen LogP contribution in [0.2, 0.25) is 0 Å². The van der Waals surface area contributed by atoms with Gasteiger partial charge in [-0.1, -0.05) is 30.3 Å². The fourth-order valence-corrected chi connectivity index (χ4v) is 3.37. The first-order valence-electron chi connectivity index (χ1n) is 10.6. The van der Waals surface area contributed by atoms with Crippen LogP contribution < -0.4 is 14.2 Å². The normalized spacial score (nSPS) is 10.8. The van der Waals surface area contributed by atoms with Crippen molar-refractivity contribution in [3.05, 3.63) is 102 Å². The Labute approximate surface area is 191 Å². The summed E-state index contributed by atoms with van der Waals surface area (Å²) in [5.41, 5.74) is 4.17. The minimum atomic E-state index is 0.351. The predicted octanol–water partition coefficient (Wildman–Crippen LogP) is 6.06. The van der Waals surface area contributed by atoms with E-state index < -0.39 is 0 Å². The lowest BCUT2D eigenvalue weighted by Gasteiger charge is -2.06. The average Bonchev–Trinajstić information content (AvgIpc) is 3.31. The molecule has 2 heterocycles. The highest BCUT2D eigenvalue weighted by molar-refractivity contribution is 5.77. The Morgan fingerprint density at radius 1 is 0.758 bits per heavy atom. The van der Waals surface area contributed by atoms with Crippen LogP contribution in [0.3, 0.4) is 0 Å². The van der Waals surface area contributed by atoms with E-state index >= 15 is 0 Å². The Bertz CT molecular complexity index is 1350. The van der Waals surface area contributed by atoms with Gasteiger partial charge in [0.2, 0.25) is 5.89 Å². The molecule has 0 fully saturated rings. The van der Waals surface area contributed by atoms with Crippen molar-refractivity contribution in [3.8, 4) is 28.7 Å². The van der Waals surface area contributed by atoms with E-state index in [1.165, 1.54) is 0 Å². The molecule has 5 rings (SSSR count). The molecule has 2 aromatic heterocycles. The smallest absolute Gasteiger partial charge is 0.227 e. The Morgan fingerprint density at radius 2 is 1.61 bits per heavy atom. The molecule has 0 bridgehead atoms. The topological polar surface area (TPSA) is 66.6 Å². The van der Waals surface area contributed by atoms with Crippen LogP contribution in [0.25, 0.3) is 22.6 Å². The zero-order valence-corrected chi connectivity index (χ0v) is 18.1. The summed E-state index contributed by atoms with van der Waals surface area (Å²) in [5.74, 6) is 2.80. The molecule has 0 spiro atoms. The summed E-state index contributed by atoms with van der Waals surface area (Å²) in [5, 5.41) is 0. The number of ether oxygens (including phenoxy) is 3.